The van der Waals surface area contributed by atoms with Crippen LogP contribution in [-0.2, 0) is 4.74 Å². The summed E-state index contributed by atoms with van der Waals surface area (Å²) >= 11 is 0. The molecule has 2 aliphatic heterocycles. The van der Waals surface area contributed by atoms with E-state index in [1.807, 2.05) is 24.4 Å². The maximum Gasteiger partial charge on any atom is 0.102 e. The Morgan fingerprint density at radius 3 is 3.30 bits per heavy atom. The summed E-state index contributed by atoms with van der Waals surface area (Å²) in [6, 6.07) is 0.235. The zero-order valence-electron chi connectivity index (χ0n) is 5.60. The number of rotatable bonds is 0. The number of hydrogen-bond acceptors (Lipinski definition) is 2. The number of allylic oxidation sites excluding steroid dienone is 1. The van der Waals surface area contributed by atoms with Crippen molar-refractivity contribution in [2.24, 2.45) is 4.99 Å². The van der Waals surface area contributed by atoms with Crippen LogP contribution < -0.4 is 0 Å². The van der Waals surface area contributed by atoms with Gasteiger partial charge in [-0.25, -0.2) is 0 Å². The quantitative estimate of drug-likeness (QED) is 0.453. The van der Waals surface area contributed by atoms with Gasteiger partial charge in [0, 0.05) is 6.21 Å². The van der Waals surface area contributed by atoms with Crippen LogP contribution in [0, 0.1) is 0 Å². The van der Waals surface area contributed by atoms with E-state index in [4.69, 9.17) is 4.74 Å². The van der Waals surface area contributed by atoms with E-state index in [1.54, 1.807) is 0 Å². The third-order valence-electron chi connectivity index (χ3n) is 1.70. The van der Waals surface area contributed by atoms with Gasteiger partial charge in [0.2, 0.25) is 0 Å². The van der Waals surface area contributed by atoms with E-state index < -0.39 is 0 Å². The summed E-state index contributed by atoms with van der Waals surface area (Å²) in [4.78, 5) is 4.23. The van der Waals surface area contributed by atoms with Crippen molar-refractivity contribution in [2.75, 3.05) is 6.61 Å². The van der Waals surface area contributed by atoms with Gasteiger partial charge in [0.1, 0.15) is 6.10 Å². The number of hydrogen-bond donors (Lipinski definition) is 0. The fraction of sp³-hybridized carbons (Fsp3) is 0.375. The molecule has 0 aromatic carbocycles. The number of ether oxygens (including phenoxy) is 1. The second kappa shape index (κ2) is 2.39. The van der Waals surface area contributed by atoms with Crippen LogP contribution in [0.15, 0.2) is 29.3 Å². The third-order valence-corrected chi connectivity index (χ3v) is 1.70. The van der Waals surface area contributed by atoms with Gasteiger partial charge < -0.3 is 4.74 Å². The molecule has 2 nitrogen and oxygen atoms in total. The van der Waals surface area contributed by atoms with Crippen molar-refractivity contribution in [2.45, 2.75) is 12.1 Å². The first kappa shape index (κ1) is 5.86. The Morgan fingerprint density at radius 2 is 2.40 bits per heavy atom. The van der Waals surface area contributed by atoms with E-state index in [1.165, 1.54) is 0 Å². The molecule has 0 spiro atoms. The van der Waals surface area contributed by atoms with Crippen molar-refractivity contribution >= 4 is 6.21 Å². The SMILES string of the molecule is C1=CC2OCC=CC2N=C1. The minimum Gasteiger partial charge on any atom is -0.368 e. The van der Waals surface area contributed by atoms with E-state index in [0.29, 0.717) is 0 Å². The van der Waals surface area contributed by atoms with E-state index in [-0.39, 0.29) is 12.1 Å². The van der Waals surface area contributed by atoms with Gasteiger partial charge in [-0.1, -0.05) is 18.2 Å². The van der Waals surface area contributed by atoms with Gasteiger partial charge in [-0.3, -0.25) is 4.99 Å². The van der Waals surface area contributed by atoms with Gasteiger partial charge in [-0.15, -0.1) is 0 Å². The smallest absolute Gasteiger partial charge is 0.102 e. The molecular weight excluding hydrogens is 126 g/mol. The minimum atomic E-state index is 0.190. The normalized spacial score (nSPS) is 36.0. The summed E-state index contributed by atoms with van der Waals surface area (Å²) in [7, 11) is 0. The molecule has 2 heteroatoms. The first-order valence-electron chi connectivity index (χ1n) is 3.45. The molecule has 0 amide bonds. The average Bonchev–Trinajstić information content (AvgIpc) is 2.05. The standard InChI is InChI=1S/C8H9NO/c1-4-8-7(9-5-1)3-2-6-10-8/h1-5,7-8H,6H2. The van der Waals surface area contributed by atoms with Crippen molar-refractivity contribution in [1.82, 2.24) is 0 Å². The molecule has 0 aromatic heterocycles. The second-order valence-electron chi connectivity index (χ2n) is 2.40. The molecule has 2 unspecified atom stereocenters. The number of fused-ring (bicyclic) bond motifs is 1. The number of aliphatic imine (C=N–C) groups is 1. The molecule has 0 bridgehead atoms. The highest BCUT2D eigenvalue weighted by molar-refractivity contribution is 5.72. The molecule has 0 fully saturated rings. The van der Waals surface area contributed by atoms with Crippen LogP contribution in [0.1, 0.15) is 0 Å². The lowest BCUT2D eigenvalue weighted by molar-refractivity contribution is 0.0902. The van der Waals surface area contributed by atoms with Gasteiger partial charge in [0.05, 0.1) is 12.6 Å². The van der Waals surface area contributed by atoms with E-state index in [9.17, 15) is 0 Å². The molecule has 10 heavy (non-hydrogen) atoms. The Labute approximate surface area is 59.9 Å². The van der Waals surface area contributed by atoms with Crippen LogP contribution in [-0.4, -0.2) is 25.0 Å². The van der Waals surface area contributed by atoms with Gasteiger partial charge in [-0.2, -0.15) is 0 Å². The fourth-order valence-corrected chi connectivity index (χ4v) is 1.18. The van der Waals surface area contributed by atoms with Crippen molar-refractivity contribution in [3.8, 4) is 0 Å². The maximum atomic E-state index is 5.39. The molecular formula is C8H9NO. The Hall–Kier alpha value is -0.890. The van der Waals surface area contributed by atoms with E-state index >= 15 is 0 Å². The summed E-state index contributed by atoms with van der Waals surface area (Å²) in [5.41, 5.74) is 0. The minimum absolute atomic E-state index is 0.190. The highest BCUT2D eigenvalue weighted by atomic mass is 16.5. The van der Waals surface area contributed by atoms with Gasteiger partial charge in [0.25, 0.3) is 0 Å². The Morgan fingerprint density at radius 1 is 1.40 bits per heavy atom. The van der Waals surface area contributed by atoms with Crippen molar-refractivity contribution in [3.63, 3.8) is 0 Å². The van der Waals surface area contributed by atoms with Crippen LogP contribution in [0.25, 0.3) is 0 Å². The molecule has 0 aliphatic carbocycles. The zero-order chi connectivity index (χ0) is 6.81. The average molecular weight is 135 g/mol. The summed E-state index contributed by atoms with van der Waals surface area (Å²) < 4.78 is 5.39. The fourth-order valence-electron chi connectivity index (χ4n) is 1.18. The highest BCUT2D eigenvalue weighted by Crippen LogP contribution is 2.14. The largest absolute Gasteiger partial charge is 0.368 e. The predicted octanol–water partition coefficient (Wildman–Crippen LogP) is 0.951. The van der Waals surface area contributed by atoms with Crippen LogP contribution in [0.5, 0.6) is 0 Å². The topological polar surface area (TPSA) is 21.6 Å². The highest BCUT2D eigenvalue weighted by Gasteiger charge is 2.19. The molecule has 0 saturated heterocycles. The second-order valence-corrected chi connectivity index (χ2v) is 2.40. The van der Waals surface area contributed by atoms with Crippen molar-refractivity contribution < 1.29 is 4.74 Å². The molecule has 2 rings (SSSR count). The van der Waals surface area contributed by atoms with Crippen LogP contribution >= 0.6 is 0 Å². The Bertz CT molecular complexity index is 205. The van der Waals surface area contributed by atoms with Gasteiger partial charge in [0.15, 0.2) is 0 Å². The predicted molar refractivity (Wildman–Crippen MR) is 40.3 cm³/mol. The zero-order valence-corrected chi connectivity index (χ0v) is 5.60. The van der Waals surface area contributed by atoms with Crippen molar-refractivity contribution in [1.29, 1.82) is 0 Å². The molecule has 0 radical (unpaired) electrons. The van der Waals surface area contributed by atoms with Crippen LogP contribution in [0.3, 0.4) is 0 Å². The molecule has 2 heterocycles. The summed E-state index contributed by atoms with van der Waals surface area (Å²) in [6.45, 7) is 0.723. The van der Waals surface area contributed by atoms with E-state index in [2.05, 4.69) is 11.1 Å². The van der Waals surface area contributed by atoms with Gasteiger partial charge in [-0.05, 0) is 6.08 Å². The molecule has 0 saturated carbocycles. The summed E-state index contributed by atoms with van der Waals surface area (Å²) in [6.07, 6.45) is 10.1. The van der Waals surface area contributed by atoms with Crippen LogP contribution in [0.4, 0.5) is 0 Å². The number of dihydropyridines is 1. The first-order valence-corrected chi connectivity index (χ1v) is 3.45. The maximum absolute atomic E-state index is 5.39. The molecule has 0 aromatic rings. The lowest BCUT2D eigenvalue weighted by Gasteiger charge is -2.23. The Balaban J connectivity index is 2.21. The van der Waals surface area contributed by atoms with Crippen molar-refractivity contribution in [3.05, 3.63) is 24.3 Å². The lowest BCUT2D eigenvalue weighted by Crippen LogP contribution is -2.29. The van der Waals surface area contributed by atoms with E-state index in [0.717, 1.165) is 6.61 Å². The van der Waals surface area contributed by atoms with Gasteiger partial charge >= 0.3 is 0 Å². The summed E-state index contributed by atoms with van der Waals surface area (Å²) in [5.74, 6) is 0. The monoisotopic (exact) mass is 135 g/mol. The molecule has 52 valence electrons. The first-order chi connectivity index (χ1) is 4.97. The van der Waals surface area contributed by atoms with Crippen LogP contribution in [0.2, 0.25) is 0 Å². The number of nitrogens with zero attached hydrogens (tertiary/aromatic N) is 1. The lowest BCUT2D eigenvalue weighted by atomic mass is 10.1. The molecule has 0 N–H and O–H groups in total. The Kier molecular flexibility index (Phi) is 1.40. The summed E-state index contributed by atoms with van der Waals surface area (Å²) in [5, 5.41) is 0. The molecule has 2 aliphatic rings. The molecule has 2 atom stereocenters. The third kappa shape index (κ3) is 0.907.